The van der Waals surface area contributed by atoms with Crippen LogP contribution in [0.3, 0.4) is 0 Å². The summed E-state index contributed by atoms with van der Waals surface area (Å²) >= 11 is 0. The molecule has 1 saturated heterocycles. The maximum absolute atomic E-state index is 13.7. The van der Waals surface area contributed by atoms with Crippen molar-refractivity contribution in [1.29, 1.82) is 0 Å². The smallest absolute Gasteiger partial charge is 0.408 e. The molecule has 0 unspecified atom stereocenters. The molecule has 224 valence electrons. The predicted molar refractivity (Wildman–Crippen MR) is 150 cm³/mol. The Morgan fingerprint density at radius 2 is 1.64 bits per heavy atom. The summed E-state index contributed by atoms with van der Waals surface area (Å²) in [5, 5.41) is 12.3. The minimum atomic E-state index is -0.971. The van der Waals surface area contributed by atoms with Gasteiger partial charge in [0.25, 0.3) is 0 Å². The van der Waals surface area contributed by atoms with E-state index in [1.54, 1.807) is 57.5 Å². The number of carboxylic acids is 1. The molecule has 0 aromatic carbocycles. The molecule has 0 aliphatic carbocycles. The van der Waals surface area contributed by atoms with Crippen LogP contribution in [0.4, 0.5) is 4.79 Å². The van der Waals surface area contributed by atoms with Gasteiger partial charge in [0.05, 0.1) is 24.1 Å². The van der Waals surface area contributed by atoms with Crippen molar-refractivity contribution in [3.8, 4) is 0 Å². The first-order valence-electron chi connectivity index (χ1n) is 13.7. The summed E-state index contributed by atoms with van der Waals surface area (Å²) in [5.74, 6) is -2.27. The van der Waals surface area contributed by atoms with Crippen molar-refractivity contribution in [3.63, 3.8) is 0 Å². The van der Waals surface area contributed by atoms with E-state index < -0.39 is 47.2 Å². The number of nitrogens with zero attached hydrogens (tertiary/aromatic N) is 2. The highest BCUT2D eigenvalue weighted by atomic mass is 16.6. The van der Waals surface area contributed by atoms with Gasteiger partial charge in [-0.25, -0.2) is 4.79 Å². The molecule has 0 bridgehead atoms. The fourth-order valence-corrected chi connectivity index (χ4v) is 4.95. The third-order valence-corrected chi connectivity index (χ3v) is 7.10. The molecule has 1 rings (SSSR count). The highest BCUT2D eigenvalue weighted by molar-refractivity contribution is 5.94. The van der Waals surface area contributed by atoms with Crippen LogP contribution in [0.25, 0.3) is 0 Å². The number of nitrogens with one attached hydrogen (secondary N) is 1. The molecule has 10 nitrogen and oxygen atoms in total. The minimum absolute atomic E-state index is 0.0306. The second-order valence-corrected chi connectivity index (χ2v) is 13.0. The topological polar surface area (TPSA) is 125 Å². The molecule has 0 aromatic rings. The number of carbonyl (C=O) groups is 4. The van der Waals surface area contributed by atoms with E-state index in [4.69, 9.17) is 9.47 Å². The number of likely N-dealkylation sites (N-methyl/N-ethyl adjacent to an activating group) is 1. The molecule has 10 heteroatoms. The van der Waals surface area contributed by atoms with Crippen LogP contribution in [-0.2, 0) is 23.9 Å². The molecule has 5 atom stereocenters. The molecule has 1 aliphatic heterocycles. The van der Waals surface area contributed by atoms with E-state index in [0.29, 0.717) is 18.5 Å². The predicted octanol–water partition coefficient (Wildman–Crippen LogP) is 4.08. The number of hydrogen-bond acceptors (Lipinski definition) is 6. The lowest BCUT2D eigenvalue weighted by Crippen LogP contribution is -2.57. The molecular formula is C29H51N3O7. The largest absolute Gasteiger partial charge is 0.481 e. The first kappa shape index (κ1) is 34.4. The zero-order valence-corrected chi connectivity index (χ0v) is 26.0. The number of amides is 3. The van der Waals surface area contributed by atoms with Crippen molar-refractivity contribution in [3.05, 3.63) is 11.6 Å². The van der Waals surface area contributed by atoms with Crippen molar-refractivity contribution >= 4 is 23.9 Å². The Hall–Kier alpha value is -2.62. The average Bonchev–Trinajstić information content (AvgIpc) is 3.27. The monoisotopic (exact) mass is 553 g/mol. The summed E-state index contributed by atoms with van der Waals surface area (Å²) < 4.78 is 10.9. The lowest BCUT2D eigenvalue weighted by molar-refractivity contribution is -0.149. The summed E-state index contributed by atoms with van der Waals surface area (Å²) in [7, 11) is 3.14. The standard InChI is InChI=1S/C29H51N3O7/c1-17(2)21(31(11)25(34)23(28(5,6)7)30-27(37)39-29(8,9)10)16-18(3)24(33)32-15-13-14-20(32)22(38-12)19(4)26(35)36/h16-17,19-23H,13-15H2,1-12H3,(H,30,37)(H,35,36)/t19-,20+,21-,22-,23-/m1/s1. The van der Waals surface area contributed by atoms with E-state index in [0.717, 1.165) is 6.42 Å². The Morgan fingerprint density at radius 1 is 1.08 bits per heavy atom. The van der Waals surface area contributed by atoms with Crippen molar-refractivity contribution in [2.75, 3.05) is 20.7 Å². The number of carbonyl (C=O) groups excluding carboxylic acids is 3. The SMILES string of the molecule is CO[C@H]([C@@H](C)C(=O)O)[C@@H]1CCCN1C(=O)C(C)=C[C@H](C(C)C)N(C)C(=O)[C@@H](NC(=O)OC(C)(C)C)C(C)(C)C. The lowest BCUT2D eigenvalue weighted by atomic mass is 9.85. The Morgan fingerprint density at radius 3 is 2.08 bits per heavy atom. The third kappa shape index (κ3) is 9.51. The van der Waals surface area contributed by atoms with E-state index in [2.05, 4.69) is 5.32 Å². The molecule has 39 heavy (non-hydrogen) atoms. The van der Waals surface area contributed by atoms with Crippen LogP contribution in [0.2, 0.25) is 0 Å². The van der Waals surface area contributed by atoms with Gasteiger partial charge in [-0.05, 0) is 58.8 Å². The highest BCUT2D eigenvalue weighted by Gasteiger charge is 2.41. The van der Waals surface area contributed by atoms with Crippen molar-refractivity contribution < 1.29 is 33.8 Å². The maximum Gasteiger partial charge on any atom is 0.408 e. The molecule has 0 aromatic heterocycles. The van der Waals surface area contributed by atoms with Crippen molar-refractivity contribution in [2.24, 2.45) is 17.3 Å². The van der Waals surface area contributed by atoms with Gasteiger partial charge in [-0.15, -0.1) is 0 Å². The summed E-state index contributed by atoms with van der Waals surface area (Å²) in [6.45, 7) is 18.6. The normalized spacial score (nSPS) is 19.8. The molecule has 3 amide bonds. The minimum Gasteiger partial charge on any atom is -0.481 e. The summed E-state index contributed by atoms with van der Waals surface area (Å²) in [6.07, 6.45) is 1.90. The summed E-state index contributed by atoms with van der Waals surface area (Å²) in [6, 6.07) is -1.63. The number of likely N-dealkylation sites (tertiary alicyclic amines) is 1. The zero-order chi connectivity index (χ0) is 30.5. The molecule has 1 aliphatic rings. The van der Waals surface area contributed by atoms with Gasteiger partial charge in [0.1, 0.15) is 11.6 Å². The van der Waals surface area contributed by atoms with Gasteiger partial charge in [-0.3, -0.25) is 14.4 Å². The van der Waals surface area contributed by atoms with Gasteiger partial charge in [0, 0.05) is 26.3 Å². The number of alkyl carbamates (subject to hydrolysis) is 1. The van der Waals surface area contributed by atoms with Gasteiger partial charge in [-0.1, -0.05) is 40.7 Å². The number of aliphatic carboxylic acids is 1. The van der Waals surface area contributed by atoms with E-state index in [1.165, 1.54) is 7.11 Å². The molecule has 0 saturated carbocycles. The highest BCUT2D eigenvalue weighted by Crippen LogP contribution is 2.29. The van der Waals surface area contributed by atoms with Gasteiger partial charge in [0.15, 0.2) is 0 Å². The van der Waals surface area contributed by atoms with Crippen LogP contribution < -0.4 is 5.32 Å². The maximum atomic E-state index is 13.7. The number of carboxylic acid groups (broad SMARTS) is 1. The number of methoxy groups -OCH3 is 1. The quantitative estimate of drug-likeness (QED) is 0.391. The van der Waals surface area contributed by atoms with E-state index >= 15 is 0 Å². The summed E-state index contributed by atoms with van der Waals surface area (Å²) in [4.78, 5) is 54.7. The lowest BCUT2D eigenvalue weighted by Gasteiger charge is -2.38. The van der Waals surface area contributed by atoms with Crippen molar-refractivity contribution in [1.82, 2.24) is 15.1 Å². The van der Waals surface area contributed by atoms with Gasteiger partial charge < -0.3 is 29.7 Å². The molecule has 0 radical (unpaired) electrons. The van der Waals surface area contributed by atoms with Gasteiger partial charge in [-0.2, -0.15) is 0 Å². The van der Waals surface area contributed by atoms with Crippen LogP contribution in [0.1, 0.15) is 82.1 Å². The second kappa shape index (κ2) is 13.6. The van der Waals surface area contributed by atoms with Crippen LogP contribution >= 0.6 is 0 Å². The number of rotatable bonds is 10. The van der Waals surface area contributed by atoms with Crippen LogP contribution in [0.5, 0.6) is 0 Å². The number of hydrogen-bond donors (Lipinski definition) is 2. The van der Waals surface area contributed by atoms with Gasteiger partial charge in [0.2, 0.25) is 11.8 Å². The van der Waals surface area contributed by atoms with Gasteiger partial charge >= 0.3 is 12.1 Å². The zero-order valence-electron chi connectivity index (χ0n) is 26.0. The first-order chi connectivity index (χ1) is 17.7. The average molecular weight is 554 g/mol. The van der Waals surface area contributed by atoms with E-state index in [-0.39, 0.29) is 23.8 Å². The van der Waals surface area contributed by atoms with Crippen LogP contribution in [0.15, 0.2) is 11.6 Å². The van der Waals surface area contributed by atoms with E-state index in [1.807, 2.05) is 34.6 Å². The van der Waals surface area contributed by atoms with Crippen molar-refractivity contribution in [2.45, 2.75) is 112 Å². The fraction of sp³-hybridized carbons (Fsp3) is 0.793. The molecule has 2 N–H and O–H groups in total. The molecular weight excluding hydrogens is 502 g/mol. The number of ether oxygens (including phenoxy) is 2. The Kier molecular flexibility index (Phi) is 12.0. The second-order valence-electron chi connectivity index (χ2n) is 13.0. The first-order valence-corrected chi connectivity index (χ1v) is 13.7. The molecule has 1 heterocycles. The van der Waals surface area contributed by atoms with Crippen LogP contribution in [-0.4, -0.2) is 89.3 Å². The Labute approximate surface area is 234 Å². The molecule has 1 fully saturated rings. The van der Waals surface area contributed by atoms with Crippen LogP contribution in [0, 0.1) is 17.3 Å². The Balaban J connectivity index is 3.24. The van der Waals surface area contributed by atoms with E-state index in [9.17, 15) is 24.3 Å². The third-order valence-electron chi connectivity index (χ3n) is 7.10. The fourth-order valence-electron chi connectivity index (χ4n) is 4.95. The Bertz CT molecular complexity index is 917. The summed E-state index contributed by atoms with van der Waals surface area (Å²) in [5.41, 5.74) is -0.845. The molecule has 0 spiro atoms.